The quantitative estimate of drug-likeness (QED) is 0.177. The van der Waals surface area contributed by atoms with Gasteiger partial charge in [-0.15, -0.1) is 0 Å². The van der Waals surface area contributed by atoms with Crippen molar-refractivity contribution in [3.63, 3.8) is 0 Å². The van der Waals surface area contributed by atoms with Gasteiger partial charge in [0.25, 0.3) is 0 Å². The topological polar surface area (TPSA) is 40.6 Å². The maximum Gasteiger partial charge on any atom is 0.162 e. The summed E-state index contributed by atoms with van der Waals surface area (Å²) in [4.78, 5) is 10.7. The zero-order valence-corrected chi connectivity index (χ0v) is 31.0. The van der Waals surface area contributed by atoms with Gasteiger partial charge in [-0.05, 0) is 60.9 Å². The molecule has 0 atom stereocenters. The first-order valence-corrected chi connectivity index (χ1v) is 19.7. The van der Waals surface area contributed by atoms with Gasteiger partial charge in [0.15, 0.2) is 5.82 Å². The molecule has 11 aromatic rings. The summed E-state index contributed by atoms with van der Waals surface area (Å²) in [5.74, 6) is 1.55. The highest BCUT2D eigenvalue weighted by Crippen LogP contribution is 2.43. The van der Waals surface area contributed by atoms with Gasteiger partial charge in [0.2, 0.25) is 0 Å². The molecule has 0 amide bonds. The van der Waals surface area contributed by atoms with E-state index in [0.717, 1.165) is 63.4 Å². The third-order valence-electron chi connectivity index (χ3n) is 11.7. The molecule has 1 aliphatic rings. The lowest BCUT2D eigenvalue weighted by atomic mass is 10.0. The van der Waals surface area contributed by atoms with Crippen LogP contribution < -0.4 is 0 Å². The molecule has 57 heavy (non-hydrogen) atoms. The number of para-hydroxylation sites is 5. The molecule has 0 aliphatic heterocycles. The molecular formula is C52H35N5. The van der Waals surface area contributed by atoms with Gasteiger partial charge in [-0.1, -0.05) is 140 Å². The van der Waals surface area contributed by atoms with Gasteiger partial charge in [0.1, 0.15) is 5.82 Å². The van der Waals surface area contributed by atoms with Crippen LogP contribution in [0.5, 0.6) is 0 Å². The Morgan fingerprint density at radius 1 is 0.456 bits per heavy atom. The van der Waals surface area contributed by atoms with Gasteiger partial charge in [0.05, 0.1) is 44.7 Å². The summed E-state index contributed by atoms with van der Waals surface area (Å²) in [5, 5.41) is 6.14. The molecule has 268 valence electrons. The van der Waals surface area contributed by atoms with Crippen molar-refractivity contribution in [3.05, 3.63) is 193 Å². The third kappa shape index (κ3) is 4.76. The van der Waals surface area contributed by atoms with Crippen molar-refractivity contribution in [2.45, 2.75) is 12.8 Å². The second-order valence-electron chi connectivity index (χ2n) is 14.9. The summed E-state index contributed by atoms with van der Waals surface area (Å²) in [6.07, 6.45) is 6.60. The van der Waals surface area contributed by atoms with E-state index in [1.165, 1.54) is 49.2 Å². The number of fused-ring (bicyclic) bond motifs is 10. The highest BCUT2D eigenvalue weighted by atomic mass is 15.1. The Morgan fingerprint density at radius 3 is 1.77 bits per heavy atom. The minimum atomic E-state index is 0.693. The number of rotatable bonds is 5. The van der Waals surface area contributed by atoms with Crippen LogP contribution in [-0.2, 0) is 6.42 Å². The van der Waals surface area contributed by atoms with Crippen molar-refractivity contribution < 1.29 is 0 Å². The molecule has 12 rings (SSSR count). The molecule has 1 aliphatic carbocycles. The molecule has 4 aromatic heterocycles. The van der Waals surface area contributed by atoms with Crippen LogP contribution in [0.25, 0.3) is 100 Å². The average Bonchev–Trinajstić information content (AvgIpc) is 3.93. The first kappa shape index (κ1) is 31.8. The molecule has 0 bridgehead atoms. The minimum Gasteiger partial charge on any atom is -0.307 e. The molecule has 0 radical (unpaired) electrons. The van der Waals surface area contributed by atoms with Gasteiger partial charge < -0.3 is 9.13 Å². The predicted molar refractivity (Wildman–Crippen MR) is 236 cm³/mol. The van der Waals surface area contributed by atoms with E-state index in [1.54, 1.807) is 0 Å². The highest BCUT2D eigenvalue weighted by molar-refractivity contribution is 6.24. The zero-order chi connectivity index (χ0) is 37.5. The number of nitrogens with zero attached hydrogens (tertiary/aromatic N) is 5. The molecule has 0 fully saturated rings. The van der Waals surface area contributed by atoms with E-state index >= 15 is 0 Å². The second kappa shape index (κ2) is 12.5. The van der Waals surface area contributed by atoms with Gasteiger partial charge in [-0.2, -0.15) is 0 Å². The molecule has 0 saturated heterocycles. The van der Waals surface area contributed by atoms with Crippen LogP contribution in [0.1, 0.15) is 17.7 Å². The summed E-state index contributed by atoms with van der Waals surface area (Å²) in [5.41, 5.74) is 13.4. The van der Waals surface area contributed by atoms with Crippen LogP contribution in [0.3, 0.4) is 0 Å². The molecule has 7 aromatic carbocycles. The maximum atomic E-state index is 5.41. The first-order chi connectivity index (χ1) is 28.3. The summed E-state index contributed by atoms with van der Waals surface area (Å²) < 4.78 is 7.25. The van der Waals surface area contributed by atoms with E-state index in [4.69, 9.17) is 9.97 Å². The lowest BCUT2D eigenvalue weighted by Crippen LogP contribution is -2.06. The number of benzene rings is 7. The summed E-state index contributed by atoms with van der Waals surface area (Å²) >= 11 is 0. The van der Waals surface area contributed by atoms with Crippen molar-refractivity contribution in [3.8, 4) is 39.8 Å². The van der Waals surface area contributed by atoms with Crippen LogP contribution in [0, 0.1) is 0 Å². The monoisotopic (exact) mass is 729 g/mol. The number of allylic oxidation sites excluding steroid dienone is 1. The van der Waals surface area contributed by atoms with Gasteiger partial charge in [0, 0.05) is 49.8 Å². The van der Waals surface area contributed by atoms with Gasteiger partial charge >= 0.3 is 0 Å². The fraction of sp³-hybridized carbons (Fsp3) is 0.0385. The van der Waals surface area contributed by atoms with E-state index in [1.807, 2.05) is 6.07 Å². The third-order valence-corrected chi connectivity index (χ3v) is 11.7. The Hall–Kier alpha value is -7.50. The van der Waals surface area contributed by atoms with E-state index in [0.29, 0.717) is 5.82 Å². The largest absolute Gasteiger partial charge is 0.307 e. The molecule has 0 unspecified atom stereocenters. The Bertz CT molecular complexity index is 3400. The SMILES string of the molecule is C1=Cc2c(c3ccccc3n2-c2cc(-c3ccccc3-n3c4ccccc4c4ccc5c6ccccc6n(-c6ccccc6)c5c43)nc(-c3ccccc3)n2)CC1. The number of hydrogen-bond acceptors (Lipinski definition) is 2. The summed E-state index contributed by atoms with van der Waals surface area (Å²) in [6.45, 7) is 0. The van der Waals surface area contributed by atoms with Crippen molar-refractivity contribution in [1.29, 1.82) is 0 Å². The van der Waals surface area contributed by atoms with Crippen LogP contribution in [0.2, 0.25) is 0 Å². The first-order valence-electron chi connectivity index (χ1n) is 19.7. The van der Waals surface area contributed by atoms with Crippen molar-refractivity contribution in [1.82, 2.24) is 23.7 Å². The number of hydrogen-bond donors (Lipinski definition) is 0. The van der Waals surface area contributed by atoms with Crippen LogP contribution in [0.15, 0.2) is 182 Å². The number of aryl methyl sites for hydroxylation is 1. The van der Waals surface area contributed by atoms with Crippen LogP contribution >= 0.6 is 0 Å². The zero-order valence-electron chi connectivity index (χ0n) is 31.0. The van der Waals surface area contributed by atoms with E-state index in [9.17, 15) is 0 Å². The van der Waals surface area contributed by atoms with Crippen LogP contribution in [0.4, 0.5) is 0 Å². The summed E-state index contributed by atoms with van der Waals surface area (Å²) in [6, 6.07) is 62.9. The van der Waals surface area contributed by atoms with Crippen molar-refractivity contribution in [2.75, 3.05) is 0 Å². The van der Waals surface area contributed by atoms with E-state index in [-0.39, 0.29) is 0 Å². The smallest absolute Gasteiger partial charge is 0.162 e. The lowest BCUT2D eigenvalue weighted by molar-refractivity contribution is 0.947. The van der Waals surface area contributed by atoms with Crippen LogP contribution in [-0.4, -0.2) is 23.7 Å². The number of aromatic nitrogens is 5. The molecule has 0 saturated carbocycles. The molecule has 0 N–H and O–H groups in total. The maximum absolute atomic E-state index is 5.41. The normalized spacial score (nSPS) is 12.7. The summed E-state index contributed by atoms with van der Waals surface area (Å²) in [7, 11) is 0. The van der Waals surface area contributed by atoms with E-state index in [2.05, 4.69) is 196 Å². The Morgan fingerprint density at radius 2 is 1.04 bits per heavy atom. The Kier molecular flexibility index (Phi) is 6.99. The molecule has 0 spiro atoms. The second-order valence-corrected chi connectivity index (χ2v) is 14.9. The van der Waals surface area contributed by atoms with Gasteiger partial charge in [-0.25, -0.2) is 9.97 Å². The molecule has 4 heterocycles. The highest BCUT2D eigenvalue weighted by Gasteiger charge is 2.24. The van der Waals surface area contributed by atoms with Gasteiger partial charge in [-0.3, -0.25) is 4.57 Å². The predicted octanol–water partition coefficient (Wildman–Crippen LogP) is 12.9. The fourth-order valence-corrected chi connectivity index (χ4v) is 9.32. The van der Waals surface area contributed by atoms with Crippen molar-refractivity contribution >= 4 is 60.6 Å². The Labute approximate surface area is 329 Å². The standard InChI is InChI=1S/C52H35N5/c1-3-17-34(18-4-1)52-53-43(33-49(54-52)56-45-27-13-7-21-36(45)37-22-8-14-28-46(37)56)42-25-11-16-30-48(42)57-47-29-15-10-24-39(47)41-32-31-40-38-23-9-12-26-44(38)55(50(40)51(41)57)35-19-5-2-6-20-35/h1-7,9-21,23-33H,8,22H2. The van der Waals surface area contributed by atoms with Crippen molar-refractivity contribution in [2.24, 2.45) is 0 Å². The van der Waals surface area contributed by atoms with E-state index < -0.39 is 0 Å². The Balaban J connectivity index is 1.20. The minimum absolute atomic E-state index is 0.693. The fourth-order valence-electron chi connectivity index (χ4n) is 9.32. The molecular weight excluding hydrogens is 695 g/mol. The average molecular weight is 730 g/mol. The lowest BCUT2D eigenvalue weighted by Gasteiger charge is -2.17. The molecule has 5 nitrogen and oxygen atoms in total. The molecule has 5 heteroatoms.